The smallest absolute Gasteiger partial charge is 0.324 e. The van der Waals surface area contributed by atoms with Gasteiger partial charge < -0.3 is 25.9 Å². The lowest BCUT2D eigenvalue weighted by atomic mass is 9.83. The number of aromatic nitrogens is 3. The second kappa shape index (κ2) is 7.78. The summed E-state index contributed by atoms with van der Waals surface area (Å²) in [6.45, 7) is 8.85. The van der Waals surface area contributed by atoms with Crippen molar-refractivity contribution in [3.63, 3.8) is 0 Å². The summed E-state index contributed by atoms with van der Waals surface area (Å²) in [4.78, 5) is 18.9. The Morgan fingerprint density at radius 3 is 2.66 bits per heavy atom. The molecule has 4 heterocycles. The van der Waals surface area contributed by atoms with Crippen LogP contribution in [0.5, 0.6) is 5.88 Å². The normalized spacial score (nSPS) is 18.8. The molecule has 0 amide bonds. The Morgan fingerprint density at radius 1 is 1.16 bits per heavy atom. The third kappa shape index (κ3) is 3.21. The van der Waals surface area contributed by atoms with Gasteiger partial charge in [-0.2, -0.15) is 4.98 Å². The van der Waals surface area contributed by atoms with Crippen LogP contribution < -0.4 is 21.1 Å². The second-order valence-electron chi connectivity index (χ2n) is 7.85. The Kier molecular flexibility index (Phi) is 5.05. The maximum atomic E-state index is 7.64. The summed E-state index contributed by atoms with van der Waals surface area (Å²) >= 11 is 12.5. The van der Waals surface area contributed by atoms with Gasteiger partial charge in [0.15, 0.2) is 0 Å². The summed E-state index contributed by atoms with van der Waals surface area (Å²) in [6.07, 6.45) is 3.04. The Bertz CT molecular complexity index is 1250. The van der Waals surface area contributed by atoms with Crippen LogP contribution in [0.25, 0.3) is 16.0 Å². The number of benzene rings is 1. The van der Waals surface area contributed by atoms with E-state index in [2.05, 4.69) is 19.8 Å². The molecule has 2 aliphatic rings. The molecule has 3 aromatic rings. The largest absolute Gasteiger partial charge is 0.469 e. The van der Waals surface area contributed by atoms with E-state index in [0.29, 0.717) is 58.9 Å². The highest BCUT2D eigenvalue weighted by Gasteiger charge is 2.49. The Labute approximate surface area is 195 Å². The predicted octanol–water partition coefficient (Wildman–Crippen LogP) is 4.41. The Hall–Kier alpha value is -3.12. The highest BCUT2D eigenvalue weighted by molar-refractivity contribution is 6.43. The summed E-state index contributed by atoms with van der Waals surface area (Å²) in [6, 6.07) is 8.74. The summed E-state index contributed by atoms with van der Waals surface area (Å²) in [7, 11) is 0. The molecule has 0 bridgehead atoms. The zero-order valence-electron chi connectivity index (χ0n) is 16.9. The number of ether oxygens (including phenoxy) is 1. The van der Waals surface area contributed by atoms with Gasteiger partial charge in [-0.25, -0.2) is 4.98 Å². The fraction of sp³-hybridized carbons (Fsp3) is 0.273. The van der Waals surface area contributed by atoms with Crippen molar-refractivity contribution in [1.82, 2.24) is 15.0 Å². The maximum absolute atomic E-state index is 7.64. The Balaban J connectivity index is 1.42. The van der Waals surface area contributed by atoms with Crippen LogP contribution in [0.1, 0.15) is 24.4 Å². The number of nitrogens with zero attached hydrogens (tertiary/aromatic N) is 5. The number of piperidine rings is 1. The van der Waals surface area contributed by atoms with E-state index in [0.717, 1.165) is 5.56 Å². The van der Waals surface area contributed by atoms with Gasteiger partial charge in [-0.1, -0.05) is 53.0 Å². The fourth-order valence-corrected chi connectivity index (χ4v) is 4.79. The van der Waals surface area contributed by atoms with Crippen LogP contribution in [0.3, 0.4) is 0 Å². The van der Waals surface area contributed by atoms with Gasteiger partial charge in [0.2, 0.25) is 5.88 Å². The highest BCUT2D eigenvalue weighted by Crippen LogP contribution is 2.47. The number of anilines is 2. The summed E-state index contributed by atoms with van der Waals surface area (Å²) in [5.74, 6) is 1.30. The molecule has 1 fully saturated rings. The number of halogens is 2. The highest BCUT2D eigenvalue weighted by atomic mass is 35.5. The number of pyridine rings is 1. The number of nitrogens with two attached hydrogens (primary N) is 2. The van der Waals surface area contributed by atoms with Crippen molar-refractivity contribution in [3.8, 4) is 17.0 Å². The van der Waals surface area contributed by atoms with E-state index >= 15 is 0 Å². The van der Waals surface area contributed by atoms with Crippen molar-refractivity contribution in [2.24, 2.45) is 5.73 Å². The first-order chi connectivity index (χ1) is 15.4. The fourth-order valence-electron chi connectivity index (χ4n) is 4.39. The maximum Gasteiger partial charge on any atom is 0.324 e. The van der Waals surface area contributed by atoms with E-state index in [9.17, 15) is 0 Å². The van der Waals surface area contributed by atoms with Crippen LogP contribution in [0.2, 0.25) is 10.0 Å². The monoisotopic (exact) mass is 467 g/mol. The van der Waals surface area contributed by atoms with Gasteiger partial charge in [0.1, 0.15) is 11.4 Å². The molecule has 10 heteroatoms. The van der Waals surface area contributed by atoms with Crippen molar-refractivity contribution in [3.05, 3.63) is 63.6 Å². The number of fused-ring (bicyclic) bond motifs is 1. The van der Waals surface area contributed by atoms with Crippen molar-refractivity contribution in [2.45, 2.75) is 24.5 Å². The first-order valence-corrected chi connectivity index (χ1v) is 10.8. The minimum Gasteiger partial charge on any atom is -0.469 e. The van der Waals surface area contributed by atoms with E-state index in [4.69, 9.17) is 46.0 Å². The van der Waals surface area contributed by atoms with Crippen LogP contribution in [-0.2, 0) is 0 Å². The SMILES string of the molecule is [C-]#[N+]c1nc(N2CCC3(CC2)Oc2ncccc2C3N)nc(N)c1-c1cccc(Cl)c1Cl. The lowest BCUT2D eigenvalue weighted by molar-refractivity contribution is 0.0396. The lowest BCUT2D eigenvalue weighted by Gasteiger charge is -2.40. The minimum atomic E-state index is -0.504. The predicted molar refractivity (Wildman–Crippen MR) is 124 cm³/mol. The van der Waals surface area contributed by atoms with E-state index < -0.39 is 5.60 Å². The Morgan fingerprint density at radius 2 is 1.94 bits per heavy atom. The number of hydrogen-bond acceptors (Lipinski definition) is 7. The molecule has 162 valence electrons. The van der Waals surface area contributed by atoms with Crippen LogP contribution in [0, 0.1) is 6.57 Å². The van der Waals surface area contributed by atoms with E-state index in [1.807, 2.05) is 17.0 Å². The van der Waals surface area contributed by atoms with Gasteiger partial charge in [0.05, 0.1) is 21.7 Å². The molecule has 32 heavy (non-hydrogen) atoms. The molecule has 1 atom stereocenters. The average molecular weight is 468 g/mol. The summed E-state index contributed by atoms with van der Waals surface area (Å²) in [5.41, 5.74) is 14.1. The minimum absolute atomic E-state index is 0.127. The standard InChI is InChI=1S/C22H19Cl2N7O/c1-27-19-15(12-4-2-6-14(23)16(12)24)18(26)29-21(30-19)31-10-7-22(8-11-31)17(25)13-5-3-9-28-20(13)32-22/h2-6,9,17H,7-8,10-11,25H2,(H2,26,29,30). The van der Waals surface area contributed by atoms with Gasteiger partial charge >= 0.3 is 5.95 Å². The van der Waals surface area contributed by atoms with Crippen molar-refractivity contribution in [2.75, 3.05) is 23.7 Å². The molecule has 1 saturated heterocycles. The number of hydrogen-bond donors (Lipinski definition) is 2. The molecule has 1 aromatic carbocycles. The van der Waals surface area contributed by atoms with E-state index in [-0.39, 0.29) is 17.7 Å². The quantitative estimate of drug-likeness (QED) is 0.537. The first kappa shape index (κ1) is 20.8. The molecule has 8 nitrogen and oxygen atoms in total. The van der Waals surface area contributed by atoms with E-state index in [1.54, 1.807) is 24.4 Å². The van der Waals surface area contributed by atoms with E-state index in [1.165, 1.54) is 0 Å². The van der Waals surface area contributed by atoms with Gasteiger partial charge in [-0.15, -0.1) is 0 Å². The van der Waals surface area contributed by atoms with Crippen molar-refractivity contribution >= 4 is 40.8 Å². The molecule has 4 N–H and O–H groups in total. The number of nitrogen functional groups attached to an aromatic ring is 1. The molecule has 2 aromatic heterocycles. The molecule has 0 radical (unpaired) electrons. The zero-order chi connectivity index (χ0) is 22.5. The molecule has 0 aliphatic carbocycles. The second-order valence-corrected chi connectivity index (χ2v) is 8.64. The molecule has 0 saturated carbocycles. The lowest BCUT2D eigenvalue weighted by Crippen LogP contribution is -2.51. The summed E-state index contributed by atoms with van der Waals surface area (Å²) < 4.78 is 6.20. The van der Waals surface area contributed by atoms with Crippen LogP contribution in [0.4, 0.5) is 17.6 Å². The zero-order valence-corrected chi connectivity index (χ0v) is 18.4. The van der Waals surface area contributed by atoms with Gasteiger partial charge in [0.25, 0.3) is 5.82 Å². The first-order valence-electron chi connectivity index (χ1n) is 10.1. The molecule has 1 spiro atoms. The summed E-state index contributed by atoms with van der Waals surface area (Å²) in [5, 5.41) is 0.677. The van der Waals surface area contributed by atoms with Gasteiger partial charge in [-0.3, -0.25) is 0 Å². The number of rotatable bonds is 2. The molecule has 1 unspecified atom stereocenters. The molecular formula is C22H19Cl2N7O. The van der Waals surface area contributed by atoms with Crippen molar-refractivity contribution in [1.29, 1.82) is 0 Å². The van der Waals surface area contributed by atoms with Crippen LogP contribution in [-0.4, -0.2) is 33.6 Å². The topological polar surface area (TPSA) is 108 Å². The van der Waals surface area contributed by atoms with Gasteiger partial charge in [0, 0.05) is 37.7 Å². The van der Waals surface area contributed by atoms with Crippen molar-refractivity contribution < 1.29 is 4.74 Å². The third-order valence-corrected chi connectivity index (χ3v) is 6.95. The van der Waals surface area contributed by atoms with Gasteiger partial charge in [-0.05, 0) is 17.7 Å². The van der Waals surface area contributed by atoms with Crippen LogP contribution >= 0.6 is 23.2 Å². The molecule has 5 rings (SSSR count). The molecule has 2 aliphatic heterocycles. The van der Waals surface area contributed by atoms with Crippen LogP contribution in [0.15, 0.2) is 36.5 Å². The molecular weight excluding hydrogens is 449 g/mol. The average Bonchev–Trinajstić information content (AvgIpc) is 3.07. The third-order valence-electron chi connectivity index (χ3n) is 6.13.